The summed E-state index contributed by atoms with van der Waals surface area (Å²) in [6, 6.07) is 14.4. The maximum atomic E-state index is 13.3. The summed E-state index contributed by atoms with van der Waals surface area (Å²) in [5.74, 6) is 0.423. The molecule has 0 radical (unpaired) electrons. The topological polar surface area (TPSA) is 41.6 Å². The van der Waals surface area contributed by atoms with Crippen molar-refractivity contribution in [1.82, 2.24) is 10.2 Å². The molecule has 2 aromatic carbocycles. The molecule has 1 atom stereocenters. The van der Waals surface area contributed by atoms with Crippen LogP contribution in [0, 0.1) is 5.82 Å². The van der Waals surface area contributed by atoms with E-state index in [-0.39, 0.29) is 24.2 Å². The van der Waals surface area contributed by atoms with Crippen molar-refractivity contribution < 1.29 is 13.9 Å². The third-order valence-corrected chi connectivity index (χ3v) is 5.08. The van der Waals surface area contributed by atoms with E-state index in [2.05, 4.69) is 22.3 Å². The summed E-state index contributed by atoms with van der Waals surface area (Å²) in [5.41, 5.74) is 1.86. The second-order valence-corrected chi connectivity index (χ2v) is 7.00. The predicted molar refractivity (Wildman–Crippen MR) is 104 cm³/mol. The fraction of sp³-hybridized carbons (Fsp3) is 0.409. The average Bonchev–Trinajstić information content (AvgIpc) is 2.69. The van der Waals surface area contributed by atoms with Crippen LogP contribution in [0.25, 0.3) is 0 Å². The standard InChI is InChI=1S/C22H27FN2O2/c1-27-20-10-8-18(9-11-20)21(25-12-3-2-4-13-25)16-24-22(26)15-17-6-5-7-19(23)14-17/h5-11,14,21H,2-4,12-13,15-16H2,1H3,(H,24,26). The Kier molecular flexibility index (Phi) is 6.82. The molecule has 144 valence electrons. The lowest BCUT2D eigenvalue weighted by Crippen LogP contribution is -2.41. The second kappa shape index (κ2) is 9.51. The molecule has 0 saturated carbocycles. The number of likely N-dealkylation sites (tertiary alicyclic amines) is 1. The number of piperidine rings is 1. The average molecular weight is 370 g/mol. The van der Waals surface area contributed by atoms with Crippen molar-refractivity contribution in [3.8, 4) is 5.75 Å². The summed E-state index contributed by atoms with van der Waals surface area (Å²) < 4.78 is 18.6. The number of carbonyl (C=O) groups excluding carboxylic acids is 1. The molecule has 27 heavy (non-hydrogen) atoms. The van der Waals surface area contributed by atoms with Gasteiger partial charge in [0, 0.05) is 6.54 Å². The van der Waals surface area contributed by atoms with Crippen LogP contribution in [-0.2, 0) is 11.2 Å². The predicted octanol–water partition coefficient (Wildman–Crippen LogP) is 3.72. The number of hydrogen-bond donors (Lipinski definition) is 1. The first-order valence-electron chi connectivity index (χ1n) is 9.55. The van der Waals surface area contributed by atoms with Gasteiger partial charge in [-0.1, -0.05) is 30.7 Å². The van der Waals surface area contributed by atoms with E-state index in [4.69, 9.17) is 4.74 Å². The molecular formula is C22H27FN2O2. The Bertz CT molecular complexity index is 742. The molecule has 1 unspecified atom stereocenters. The summed E-state index contributed by atoms with van der Waals surface area (Å²) in [5, 5.41) is 3.04. The molecule has 1 heterocycles. The molecule has 3 rings (SSSR count). The third-order valence-electron chi connectivity index (χ3n) is 5.08. The van der Waals surface area contributed by atoms with Gasteiger partial charge in [0.15, 0.2) is 0 Å². The highest BCUT2D eigenvalue weighted by Gasteiger charge is 2.23. The van der Waals surface area contributed by atoms with Gasteiger partial charge in [0.1, 0.15) is 11.6 Å². The number of nitrogens with zero attached hydrogens (tertiary/aromatic N) is 1. The lowest BCUT2D eigenvalue weighted by Gasteiger charge is -2.35. The van der Waals surface area contributed by atoms with Crippen LogP contribution in [0.4, 0.5) is 4.39 Å². The highest BCUT2D eigenvalue weighted by Crippen LogP contribution is 2.26. The van der Waals surface area contributed by atoms with Gasteiger partial charge in [0.25, 0.3) is 0 Å². The normalized spacial score (nSPS) is 15.9. The maximum absolute atomic E-state index is 13.3. The van der Waals surface area contributed by atoms with Crippen LogP contribution in [0.3, 0.4) is 0 Å². The summed E-state index contributed by atoms with van der Waals surface area (Å²) >= 11 is 0. The van der Waals surface area contributed by atoms with E-state index in [1.807, 2.05) is 12.1 Å². The van der Waals surface area contributed by atoms with E-state index in [0.29, 0.717) is 12.1 Å². The van der Waals surface area contributed by atoms with Gasteiger partial charge in [-0.3, -0.25) is 9.69 Å². The fourth-order valence-corrected chi connectivity index (χ4v) is 3.62. The molecular weight excluding hydrogens is 343 g/mol. The Morgan fingerprint density at radius 1 is 1.15 bits per heavy atom. The first kappa shape index (κ1) is 19.4. The number of halogens is 1. The number of amides is 1. The largest absolute Gasteiger partial charge is 0.497 e. The number of hydrogen-bond acceptors (Lipinski definition) is 3. The summed E-state index contributed by atoms with van der Waals surface area (Å²) in [6.07, 6.45) is 3.82. The minimum Gasteiger partial charge on any atom is -0.497 e. The number of benzene rings is 2. The molecule has 1 amide bonds. The summed E-state index contributed by atoms with van der Waals surface area (Å²) in [4.78, 5) is 14.8. The Labute approximate surface area is 160 Å². The molecule has 1 saturated heterocycles. The zero-order valence-corrected chi connectivity index (χ0v) is 15.8. The van der Waals surface area contributed by atoms with E-state index < -0.39 is 0 Å². The van der Waals surface area contributed by atoms with Crippen molar-refractivity contribution in [3.63, 3.8) is 0 Å². The van der Waals surface area contributed by atoms with Crippen LogP contribution < -0.4 is 10.1 Å². The van der Waals surface area contributed by atoms with Gasteiger partial charge in [-0.15, -0.1) is 0 Å². The molecule has 1 aliphatic rings. The van der Waals surface area contributed by atoms with E-state index in [9.17, 15) is 9.18 Å². The molecule has 1 N–H and O–H groups in total. The number of carbonyl (C=O) groups is 1. The maximum Gasteiger partial charge on any atom is 0.224 e. The zero-order valence-electron chi connectivity index (χ0n) is 15.8. The van der Waals surface area contributed by atoms with Crippen molar-refractivity contribution in [1.29, 1.82) is 0 Å². The van der Waals surface area contributed by atoms with Crippen molar-refractivity contribution in [2.75, 3.05) is 26.7 Å². The van der Waals surface area contributed by atoms with E-state index in [1.54, 1.807) is 19.2 Å². The Balaban J connectivity index is 1.65. The van der Waals surface area contributed by atoms with Gasteiger partial charge in [-0.05, 0) is 61.3 Å². The molecule has 0 aliphatic carbocycles. The highest BCUT2D eigenvalue weighted by atomic mass is 19.1. The molecule has 0 aromatic heterocycles. The SMILES string of the molecule is COc1ccc(C(CNC(=O)Cc2cccc(F)c2)N2CCCCC2)cc1. The van der Waals surface area contributed by atoms with Crippen LogP contribution in [0.5, 0.6) is 5.75 Å². The van der Waals surface area contributed by atoms with Crippen molar-refractivity contribution >= 4 is 5.91 Å². The zero-order chi connectivity index (χ0) is 19.1. The second-order valence-electron chi connectivity index (χ2n) is 7.00. The molecule has 4 nitrogen and oxygen atoms in total. The van der Waals surface area contributed by atoms with E-state index in [1.165, 1.54) is 37.0 Å². The molecule has 0 bridgehead atoms. The molecule has 2 aromatic rings. The number of nitrogens with one attached hydrogen (secondary N) is 1. The van der Waals surface area contributed by atoms with Gasteiger partial charge in [-0.2, -0.15) is 0 Å². The van der Waals surface area contributed by atoms with Gasteiger partial charge in [-0.25, -0.2) is 4.39 Å². The van der Waals surface area contributed by atoms with Crippen LogP contribution in [0.2, 0.25) is 0 Å². The molecule has 5 heteroatoms. The van der Waals surface area contributed by atoms with Crippen LogP contribution in [-0.4, -0.2) is 37.6 Å². The molecule has 0 spiro atoms. The molecule has 1 aliphatic heterocycles. The van der Waals surface area contributed by atoms with Crippen molar-refractivity contribution in [2.24, 2.45) is 0 Å². The van der Waals surface area contributed by atoms with Gasteiger partial charge >= 0.3 is 0 Å². The third kappa shape index (κ3) is 5.54. The van der Waals surface area contributed by atoms with E-state index >= 15 is 0 Å². The minimum absolute atomic E-state index is 0.0869. The number of methoxy groups -OCH3 is 1. The Morgan fingerprint density at radius 3 is 2.56 bits per heavy atom. The summed E-state index contributed by atoms with van der Waals surface area (Å²) in [6.45, 7) is 2.62. The fourth-order valence-electron chi connectivity index (χ4n) is 3.62. The highest BCUT2D eigenvalue weighted by molar-refractivity contribution is 5.78. The first-order chi connectivity index (χ1) is 13.2. The van der Waals surface area contributed by atoms with E-state index in [0.717, 1.165) is 18.8 Å². The monoisotopic (exact) mass is 370 g/mol. The van der Waals surface area contributed by atoms with Crippen LogP contribution >= 0.6 is 0 Å². The lowest BCUT2D eigenvalue weighted by molar-refractivity contribution is -0.120. The minimum atomic E-state index is -0.315. The van der Waals surface area contributed by atoms with Crippen LogP contribution in [0.15, 0.2) is 48.5 Å². The van der Waals surface area contributed by atoms with Crippen molar-refractivity contribution in [3.05, 3.63) is 65.5 Å². The number of ether oxygens (including phenoxy) is 1. The Hall–Kier alpha value is -2.40. The lowest BCUT2D eigenvalue weighted by atomic mass is 10.0. The van der Waals surface area contributed by atoms with Crippen molar-refractivity contribution in [2.45, 2.75) is 31.7 Å². The van der Waals surface area contributed by atoms with Gasteiger partial charge in [0.05, 0.1) is 19.6 Å². The molecule has 1 fully saturated rings. The van der Waals surface area contributed by atoms with Gasteiger partial charge < -0.3 is 10.1 Å². The summed E-state index contributed by atoms with van der Waals surface area (Å²) in [7, 11) is 1.66. The Morgan fingerprint density at radius 2 is 1.89 bits per heavy atom. The number of rotatable bonds is 7. The first-order valence-corrected chi connectivity index (χ1v) is 9.55. The van der Waals surface area contributed by atoms with Gasteiger partial charge in [0.2, 0.25) is 5.91 Å². The quantitative estimate of drug-likeness (QED) is 0.808. The smallest absolute Gasteiger partial charge is 0.224 e. The van der Waals surface area contributed by atoms with Crippen LogP contribution in [0.1, 0.15) is 36.4 Å².